The van der Waals surface area contributed by atoms with E-state index in [0.29, 0.717) is 17.5 Å². The van der Waals surface area contributed by atoms with E-state index >= 15 is 0 Å². The lowest BCUT2D eigenvalue weighted by Crippen LogP contribution is -2.40. The summed E-state index contributed by atoms with van der Waals surface area (Å²) in [5, 5.41) is 12.5. The number of anilines is 1. The summed E-state index contributed by atoms with van der Waals surface area (Å²) >= 11 is 0. The van der Waals surface area contributed by atoms with E-state index in [0.717, 1.165) is 55.2 Å². The van der Waals surface area contributed by atoms with E-state index in [2.05, 4.69) is 51.2 Å². The second kappa shape index (κ2) is 11.1. The van der Waals surface area contributed by atoms with Crippen LogP contribution in [0, 0.1) is 5.41 Å². The summed E-state index contributed by atoms with van der Waals surface area (Å²) in [6.07, 6.45) is 6.72. The van der Waals surface area contributed by atoms with Crippen molar-refractivity contribution in [3.05, 3.63) is 24.0 Å². The van der Waals surface area contributed by atoms with Crippen LogP contribution in [0.5, 0.6) is 6.01 Å². The molecule has 0 unspecified atom stereocenters. The lowest BCUT2D eigenvalue weighted by Gasteiger charge is -2.40. The van der Waals surface area contributed by atoms with E-state index in [-0.39, 0.29) is 18.1 Å². The van der Waals surface area contributed by atoms with Crippen LogP contribution in [0.1, 0.15) is 58.1 Å². The number of nitrogens with one attached hydrogen (secondary N) is 1. The zero-order chi connectivity index (χ0) is 25.0. The summed E-state index contributed by atoms with van der Waals surface area (Å²) in [6.45, 7) is 9.61. The third kappa shape index (κ3) is 6.08. The van der Waals surface area contributed by atoms with Crippen molar-refractivity contribution in [3.63, 3.8) is 0 Å². The van der Waals surface area contributed by atoms with Gasteiger partial charge < -0.3 is 19.5 Å². The highest BCUT2D eigenvalue weighted by Crippen LogP contribution is 2.38. The van der Waals surface area contributed by atoms with Gasteiger partial charge in [0.15, 0.2) is 0 Å². The molecule has 4 rings (SSSR count). The average molecular weight is 485 g/mol. The minimum atomic E-state index is 0.171. The fraction of sp³-hybridized carbons (Fsp3) is 0.692. The first-order chi connectivity index (χ1) is 16.8. The van der Waals surface area contributed by atoms with Gasteiger partial charge in [-0.1, -0.05) is 20.8 Å². The molecule has 2 aromatic heterocycles. The molecule has 1 saturated heterocycles. The van der Waals surface area contributed by atoms with E-state index in [1.54, 1.807) is 27.5 Å². The van der Waals surface area contributed by atoms with Gasteiger partial charge in [-0.3, -0.25) is 4.90 Å². The first kappa shape index (κ1) is 25.7. The maximum atomic E-state index is 5.61. The van der Waals surface area contributed by atoms with Gasteiger partial charge in [0, 0.05) is 51.7 Å². The Morgan fingerprint density at radius 3 is 2.29 bits per heavy atom. The summed E-state index contributed by atoms with van der Waals surface area (Å²) < 4.78 is 16.4. The molecule has 1 aliphatic carbocycles. The molecule has 0 bridgehead atoms. The molecule has 0 spiro atoms. The van der Waals surface area contributed by atoms with E-state index in [1.807, 2.05) is 12.1 Å². The number of methoxy groups -OCH3 is 3. The van der Waals surface area contributed by atoms with Gasteiger partial charge in [0.1, 0.15) is 5.82 Å². The zero-order valence-corrected chi connectivity index (χ0v) is 22.0. The van der Waals surface area contributed by atoms with Crippen LogP contribution in [0.3, 0.4) is 0 Å². The molecule has 1 saturated carbocycles. The van der Waals surface area contributed by atoms with Crippen LogP contribution in [0.25, 0.3) is 11.3 Å². The van der Waals surface area contributed by atoms with Crippen LogP contribution in [0.4, 0.5) is 5.82 Å². The molecule has 2 fully saturated rings. The monoisotopic (exact) mass is 484 g/mol. The molecule has 0 aromatic carbocycles. The second-order valence-corrected chi connectivity index (χ2v) is 10.6. The summed E-state index contributed by atoms with van der Waals surface area (Å²) in [4.78, 5) is 11.3. The number of hydrogen-bond donors (Lipinski definition) is 1. The zero-order valence-electron chi connectivity index (χ0n) is 22.0. The van der Waals surface area contributed by atoms with Gasteiger partial charge in [0.2, 0.25) is 0 Å². The van der Waals surface area contributed by atoms with E-state index in [4.69, 9.17) is 14.2 Å². The molecule has 2 atom stereocenters. The maximum Gasteiger partial charge on any atom is 0.316 e. The number of rotatable bonds is 9. The molecule has 2 aliphatic rings. The van der Waals surface area contributed by atoms with E-state index in [1.165, 1.54) is 12.8 Å². The maximum absolute atomic E-state index is 5.61. The Hall–Kier alpha value is -2.36. The average Bonchev–Trinajstić information content (AvgIpc) is 3.27. The van der Waals surface area contributed by atoms with Gasteiger partial charge in [-0.2, -0.15) is 4.98 Å². The molecule has 2 aromatic rings. The van der Waals surface area contributed by atoms with Crippen molar-refractivity contribution in [2.75, 3.05) is 46.3 Å². The Bertz CT molecular complexity index is 950. The molecule has 1 N–H and O–H groups in total. The molecular formula is C26H40N6O3. The lowest BCUT2D eigenvalue weighted by molar-refractivity contribution is -0.00461. The van der Waals surface area contributed by atoms with Crippen LogP contribution >= 0.6 is 0 Å². The van der Waals surface area contributed by atoms with Gasteiger partial charge >= 0.3 is 6.01 Å². The van der Waals surface area contributed by atoms with Crippen molar-refractivity contribution < 1.29 is 14.2 Å². The first-order valence-electron chi connectivity index (χ1n) is 12.6. The molecule has 192 valence electrons. The van der Waals surface area contributed by atoms with E-state index in [9.17, 15) is 0 Å². The molecule has 9 nitrogen and oxygen atoms in total. The highest BCUT2D eigenvalue weighted by molar-refractivity contribution is 5.62. The van der Waals surface area contributed by atoms with Crippen molar-refractivity contribution >= 4 is 5.82 Å². The Labute approximate surface area is 209 Å². The van der Waals surface area contributed by atoms with Crippen molar-refractivity contribution in [2.45, 2.75) is 70.6 Å². The van der Waals surface area contributed by atoms with Crippen LogP contribution in [-0.4, -0.2) is 84.3 Å². The topological polar surface area (TPSA) is 94.5 Å². The standard InChI is InChI=1S/C26H40N6O3/c1-17(2)24-19(13-27-25(29-24)35-6)20-7-8-23(31-30-20)28-18-9-11-26(3,12-10-18)16-32-14-21(33-4)22(15-32)34-5/h7-8,13,17-18,21-22H,9-12,14-16H2,1-6H3,(H,28,31)/t18?,21-,22-,26?/m1/s1. The normalized spacial score (nSPS) is 27.3. The van der Waals surface area contributed by atoms with Crippen molar-refractivity contribution in [2.24, 2.45) is 5.41 Å². The van der Waals surface area contributed by atoms with Crippen LogP contribution in [0.15, 0.2) is 18.3 Å². The first-order valence-corrected chi connectivity index (χ1v) is 12.6. The summed E-state index contributed by atoms with van der Waals surface area (Å²) in [5.41, 5.74) is 2.88. The van der Waals surface area contributed by atoms with Crippen molar-refractivity contribution in [1.29, 1.82) is 0 Å². The van der Waals surface area contributed by atoms with Gasteiger partial charge in [-0.05, 0) is 49.1 Å². The van der Waals surface area contributed by atoms with Crippen molar-refractivity contribution in [1.82, 2.24) is 25.1 Å². The molecule has 35 heavy (non-hydrogen) atoms. The van der Waals surface area contributed by atoms with Crippen LogP contribution in [-0.2, 0) is 9.47 Å². The molecule has 1 aliphatic heterocycles. The molecule has 3 heterocycles. The summed E-state index contributed by atoms with van der Waals surface area (Å²) in [5.74, 6) is 1.03. The summed E-state index contributed by atoms with van der Waals surface area (Å²) in [6, 6.07) is 4.78. The van der Waals surface area contributed by atoms with Crippen LogP contribution in [0.2, 0.25) is 0 Å². The number of aromatic nitrogens is 4. The fourth-order valence-corrected chi connectivity index (χ4v) is 5.43. The molecule has 9 heteroatoms. The van der Waals surface area contributed by atoms with Gasteiger partial charge in [-0.25, -0.2) is 4.98 Å². The second-order valence-electron chi connectivity index (χ2n) is 10.6. The quantitative estimate of drug-likeness (QED) is 0.571. The molecule has 0 amide bonds. The van der Waals surface area contributed by atoms with Crippen LogP contribution < -0.4 is 10.1 Å². The predicted molar refractivity (Wildman–Crippen MR) is 136 cm³/mol. The Balaban J connectivity index is 1.32. The Kier molecular flexibility index (Phi) is 8.19. The van der Waals surface area contributed by atoms with Gasteiger partial charge in [-0.15, -0.1) is 10.2 Å². The van der Waals surface area contributed by atoms with Gasteiger partial charge in [0.05, 0.1) is 30.7 Å². The van der Waals surface area contributed by atoms with Crippen molar-refractivity contribution in [3.8, 4) is 17.3 Å². The molecule has 0 radical (unpaired) electrons. The third-order valence-corrected chi connectivity index (χ3v) is 7.51. The Morgan fingerprint density at radius 1 is 1.06 bits per heavy atom. The third-order valence-electron chi connectivity index (χ3n) is 7.51. The number of hydrogen-bond acceptors (Lipinski definition) is 9. The highest BCUT2D eigenvalue weighted by atomic mass is 16.5. The number of nitrogens with zero attached hydrogens (tertiary/aromatic N) is 5. The fourth-order valence-electron chi connectivity index (χ4n) is 5.43. The largest absolute Gasteiger partial charge is 0.467 e. The number of likely N-dealkylation sites (tertiary alicyclic amines) is 1. The van der Waals surface area contributed by atoms with Gasteiger partial charge in [0.25, 0.3) is 0 Å². The highest BCUT2D eigenvalue weighted by Gasteiger charge is 2.38. The minimum absolute atomic E-state index is 0.171. The smallest absolute Gasteiger partial charge is 0.316 e. The Morgan fingerprint density at radius 2 is 1.74 bits per heavy atom. The molecular weight excluding hydrogens is 444 g/mol. The summed E-state index contributed by atoms with van der Waals surface area (Å²) in [7, 11) is 5.14. The number of ether oxygens (including phenoxy) is 3. The van der Waals surface area contributed by atoms with E-state index < -0.39 is 0 Å². The minimum Gasteiger partial charge on any atom is -0.467 e. The lowest BCUT2D eigenvalue weighted by atomic mass is 9.73. The SMILES string of the molecule is COc1ncc(-c2ccc(NC3CCC(C)(CN4C[C@@H](OC)[C@H](OC)C4)CC3)nn2)c(C(C)C)n1. The predicted octanol–water partition coefficient (Wildman–Crippen LogP) is 3.77.